The average molecular weight is 390 g/mol. The smallest absolute Gasteiger partial charge is 0.341 e. The SMILES string of the molecule is COc1cc(/C=N\N=C(N)N[N+](=O)[O-])c(Br)cc1OCC(=O)O. The first-order chi connectivity index (χ1) is 10.8. The minimum atomic E-state index is -1.13. The number of nitrogens with one attached hydrogen (secondary N) is 1. The van der Waals surface area contributed by atoms with Gasteiger partial charge in [0.05, 0.1) is 13.3 Å². The van der Waals surface area contributed by atoms with Crippen molar-refractivity contribution in [3.05, 3.63) is 32.3 Å². The number of aliphatic carboxylic acids is 1. The number of guanidine groups is 1. The molecule has 0 unspecified atom stereocenters. The molecule has 12 heteroatoms. The highest BCUT2D eigenvalue weighted by molar-refractivity contribution is 9.10. The van der Waals surface area contributed by atoms with Gasteiger partial charge in [-0.05, 0) is 28.1 Å². The van der Waals surface area contributed by atoms with Crippen molar-refractivity contribution < 1.29 is 24.4 Å². The van der Waals surface area contributed by atoms with Crippen LogP contribution in [0.2, 0.25) is 0 Å². The summed E-state index contributed by atoms with van der Waals surface area (Å²) >= 11 is 3.25. The first-order valence-corrected chi connectivity index (χ1v) is 6.62. The van der Waals surface area contributed by atoms with E-state index in [-0.39, 0.29) is 11.5 Å². The van der Waals surface area contributed by atoms with Crippen molar-refractivity contribution >= 4 is 34.1 Å². The molecule has 0 fully saturated rings. The number of ether oxygens (including phenoxy) is 2. The van der Waals surface area contributed by atoms with E-state index < -0.39 is 23.6 Å². The van der Waals surface area contributed by atoms with Crippen molar-refractivity contribution in [2.24, 2.45) is 15.9 Å². The molecule has 0 bridgehead atoms. The molecule has 1 rings (SSSR count). The Bertz CT molecular complexity index is 663. The fraction of sp³-hybridized carbons (Fsp3) is 0.182. The number of hydrogen-bond acceptors (Lipinski definition) is 7. The number of carbonyl (C=O) groups is 1. The van der Waals surface area contributed by atoms with Gasteiger partial charge in [0.2, 0.25) is 0 Å². The molecular formula is C11H12BrN5O6. The van der Waals surface area contributed by atoms with Crippen molar-refractivity contribution in [3.8, 4) is 11.5 Å². The van der Waals surface area contributed by atoms with Gasteiger partial charge in [0.1, 0.15) is 0 Å². The summed E-state index contributed by atoms with van der Waals surface area (Å²) in [6.45, 7) is -0.524. The lowest BCUT2D eigenvalue weighted by Crippen LogP contribution is -2.35. The summed E-state index contributed by atoms with van der Waals surface area (Å²) in [6.07, 6.45) is 1.27. The molecule has 0 aliphatic heterocycles. The second-order valence-electron chi connectivity index (χ2n) is 3.81. The van der Waals surface area contributed by atoms with Crippen LogP contribution >= 0.6 is 15.9 Å². The Morgan fingerprint density at radius 1 is 1.57 bits per heavy atom. The number of hydrazine groups is 1. The fourth-order valence-corrected chi connectivity index (χ4v) is 1.76. The standard InChI is InChI=1S/C11H12BrN5O6/c1-22-8-2-6(4-14-15-11(13)16-17(20)21)7(12)3-9(8)23-5-10(18)19/h2-4H,5H2,1H3,(H,18,19)(H3,13,15,16)/b14-4-. The van der Waals surface area contributed by atoms with Crippen LogP contribution in [0, 0.1) is 10.1 Å². The molecule has 0 radical (unpaired) electrons. The topological polar surface area (TPSA) is 162 Å². The molecular weight excluding hydrogens is 378 g/mol. The quantitative estimate of drug-likeness (QED) is 0.260. The van der Waals surface area contributed by atoms with Crippen LogP contribution in [0.5, 0.6) is 11.5 Å². The van der Waals surface area contributed by atoms with E-state index in [2.05, 4.69) is 26.1 Å². The summed E-state index contributed by atoms with van der Waals surface area (Å²) in [5, 5.41) is 24.8. The summed E-state index contributed by atoms with van der Waals surface area (Å²) in [7, 11) is 1.38. The van der Waals surface area contributed by atoms with Crippen LogP contribution in [-0.2, 0) is 4.79 Å². The van der Waals surface area contributed by atoms with Crippen molar-refractivity contribution in [1.29, 1.82) is 0 Å². The van der Waals surface area contributed by atoms with Gasteiger partial charge in [-0.3, -0.25) is 0 Å². The fourth-order valence-electron chi connectivity index (χ4n) is 1.33. The number of nitro groups is 1. The largest absolute Gasteiger partial charge is 0.493 e. The summed E-state index contributed by atoms with van der Waals surface area (Å²) in [5.74, 6) is -1.12. The number of hydrogen-bond donors (Lipinski definition) is 3. The van der Waals surface area contributed by atoms with Crippen LogP contribution in [0.25, 0.3) is 0 Å². The first-order valence-electron chi connectivity index (χ1n) is 5.83. The molecule has 0 saturated carbocycles. The van der Waals surface area contributed by atoms with Crippen LogP contribution in [0.3, 0.4) is 0 Å². The second-order valence-corrected chi connectivity index (χ2v) is 4.66. The van der Waals surface area contributed by atoms with Gasteiger partial charge in [0, 0.05) is 10.0 Å². The molecule has 0 heterocycles. The lowest BCUT2D eigenvalue weighted by molar-refractivity contribution is -0.525. The van der Waals surface area contributed by atoms with E-state index in [0.29, 0.717) is 10.0 Å². The maximum absolute atomic E-state index is 10.5. The molecule has 0 amide bonds. The molecule has 124 valence electrons. The average Bonchev–Trinajstić information content (AvgIpc) is 2.46. The molecule has 1 aromatic rings. The van der Waals surface area contributed by atoms with Crippen molar-refractivity contribution in [2.75, 3.05) is 13.7 Å². The summed E-state index contributed by atoms with van der Waals surface area (Å²) < 4.78 is 10.7. The number of nitrogens with zero attached hydrogens (tertiary/aromatic N) is 3. The molecule has 0 aliphatic rings. The maximum atomic E-state index is 10.5. The molecule has 0 aromatic heterocycles. The minimum absolute atomic E-state index is 0.219. The number of nitrogens with two attached hydrogens (primary N) is 1. The normalized spacial score (nSPS) is 11.3. The Hall–Kier alpha value is -2.89. The van der Waals surface area contributed by atoms with E-state index in [1.54, 1.807) is 5.43 Å². The van der Waals surface area contributed by atoms with Crippen molar-refractivity contribution in [3.63, 3.8) is 0 Å². The third kappa shape index (κ3) is 6.17. The minimum Gasteiger partial charge on any atom is -0.493 e. The zero-order valence-electron chi connectivity index (χ0n) is 11.7. The Kier molecular flexibility index (Phi) is 6.73. The lowest BCUT2D eigenvalue weighted by atomic mass is 10.2. The summed E-state index contributed by atoms with van der Waals surface area (Å²) in [5.41, 5.74) is 7.33. The molecule has 11 nitrogen and oxygen atoms in total. The van der Waals surface area contributed by atoms with Gasteiger partial charge in [-0.25, -0.2) is 14.9 Å². The summed E-state index contributed by atoms with van der Waals surface area (Å²) in [6, 6.07) is 3.00. The first kappa shape index (κ1) is 18.2. The number of halogens is 1. The zero-order valence-corrected chi connectivity index (χ0v) is 13.3. The predicted octanol–water partition coefficient (Wildman–Crippen LogP) is 0.351. The van der Waals surface area contributed by atoms with Crippen molar-refractivity contribution in [2.45, 2.75) is 0 Å². The number of carboxylic acids is 1. The van der Waals surface area contributed by atoms with Gasteiger partial charge in [0.15, 0.2) is 23.1 Å². The van der Waals surface area contributed by atoms with Gasteiger partial charge in [-0.2, -0.15) is 5.10 Å². The third-order valence-electron chi connectivity index (χ3n) is 2.20. The molecule has 0 spiro atoms. The van der Waals surface area contributed by atoms with Crippen molar-refractivity contribution in [1.82, 2.24) is 5.43 Å². The summed E-state index contributed by atoms with van der Waals surface area (Å²) in [4.78, 5) is 20.7. The highest BCUT2D eigenvalue weighted by Crippen LogP contribution is 2.32. The van der Waals surface area contributed by atoms with E-state index in [1.165, 1.54) is 25.5 Å². The highest BCUT2D eigenvalue weighted by Gasteiger charge is 2.11. The van der Waals surface area contributed by atoms with E-state index in [1.807, 2.05) is 0 Å². The van der Waals surface area contributed by atoms with E-state index in [0.717, 1.165) is 0 Å². The molecule has 0 atom stereocenters. The highest BCUT2D eigenvalue weighted by atomic mass is 79.9. The van der Waals surface area contributed by atoms with E-state index in [9.17, 15) is 14.9 Å². The van der Waals surface area contributed by atoms with Crippen LogP contribution < -0.4 is 20.6 Å². The van der Waals surface area contributed by atoms with E-state index >= 15 is 0 Å². The van der Waals surface area contributed by atoms with Gasteiger partial charge >= 0.3 is 5.97 Å². The Balaban J connectivity index is 2.96. The van der Waals surface area contributed by atoms with Crippen LogP contribution in [0.4, 0.5) is 0 Å². The third-order valence-corrected chi connectivity index (χ3v) is 2.89. The second kappa shape index (κ2) is 8.53. The zero-order chi connectivity index (χ0) is 17.4. The monoisotopic (exact) mass is 389 g/mol. The van der Waals surface area contributed by atoms with Gasteiger partial charge in [-0.15, -0.1) is 5.10 Å². The number of benzene rings is 1. The molecule has 0 aliphatic carbocycles. The molecule has 4 N–H and O–H groups in total. The van der Waals surface area contributed by atoms with Gasteiger partial charge in [0.25, 0.3) is 5.96 Å². The van der Waals surface area contributed by atoms with Gasteiger partial charge < -0.3 is 20.3 Å². The predicted molar refractivity (Wildman–Crippen MR) is 83.2 cm³/mol. The Morgan fingerprint density at radius 3 is 2.83 bits per heavy atom. The molecule has 23 heavy (non-hydrogen) atoms. The van der Waals surface area contributed by atoms with Crippen LogP contribution in [0.1, 0.15) is 5.56 Å². The van der Waals surface area contributed by atoms with Gasteiger partial charge in [-0.1, -0.05) is 5.43 Å². The maximum Gasteiger partial charge on any atom is 0.341 e. The number of methoxy groups -OCH3 is 1. The van der Waals surface area contributed by atoms with Crippen LogP contribution in [-0.4, -0.2) is 42.0 Å². The molecule has 0 saturated heterocycles. The van der Waals surface area contributed by atoms with Crippen LogP contribution in [0.15, 0.2) is 26.8 Å². The number of rotatable bonds is 7. The lowest BCUT2D eigenvalue weighted by Gasteiger charge is -2.11. The Morgan fingerprint density at radius 2 is 2.26 bits per heavy atom. The number of carboxylic acid groups (broad SMARTS) is 1. The molecule has 1 aromatic carbocycles. The Labute approximate surface area is 138 Å². The van der Waals surface area contributed by atoms with E-state index in [4.69, 9.17) is 20.3 Å².